The van der Waals surface area contributed by atoms with Gasteiger partial charge in [-0.1, -0.05) is 36.4 Å². The Morgan fingerprint density at radius 3 is 1.36 bits per heavy atom. The van der Waals surface area contributed by atoms with Crippen LogP contribution in [-0.2, 0) is 33.2 Å². The Hall–Kier alpha value is -4.52. The number of cyclic esters (lactones) is 4. The first-order valence-electron chi connectivity index (χ1n) is 14.3. The zero-order valence-electron chi connectivity index (χ0n) is 23.5. The van der Waals surface area contributed by atoms with E-state index in [0.717, 1.165) is 22.4 Å². The minimum Gasteiger partial charge on any atom is -0.491 e. The largest absolute Gasteiger partial charge is 0.508 e. The summed E-state index contributed by atoms with van der Waals surface area (Å²) in [6.07, 6.45) is -2.91. The predicted molar refractivity (Wildman–Crippen MR) is 149 cm³/mol. The molecule has 0 aliphatic carbocycles. The van der Waals surface area contributed by atoms with Gasteiger partial charge in [-0.25, -0.2) is 9.59 Å². The second kappa shape index (κ2) is 12.6. The van der Waals surface area contributed by atoms with Crippen molar-refractivity contribution in [2.24, 2.45) is 0 Å². The molecule has 4 saturated heterocycles. The number of carbonyl (C=O) groups excluding carboxylic acids is 2. The normalized spacial score (nSPS) is 26.0. The van der Waals surface area contributed by atoms with E-state index >= 15 is 0 Å². The maximum Gasteiger partial charge on any atom is 0.508 e. The van der Waals surface area contributed by atoms with Crippen molar-refractivity contribution in [2.45, 2.75) is 36.8 Å². The number of ether oxygens (including phenoxy) is 10. The van der Waals surface area contributed by atoms with Crippen LogP contribution >= 0.6 is 0 Å². The van der Waals surface area contributed by atoms with Crippen molar-refractivity contribution in [1.82, 2.24) is 0 Å². The number of epoxide rings is 1. The Morgan fingerprint density at radius 1 is 0.545 bits per heavy atom. The van der Waals surface area contributed by atoms with Gasteiger partial charge in [0.05, 0.1) is 6.61 Å². The van der Waals surface area contributed by atoms with Crippen LogP contribution in [0, 0.1) is 0 Å². The van der Waals surface area contributed by atoms with Crippen LogP contribution in [-0.4, -0.2) is 82.8 Å². The highest BCUT2D eigenvalue weighted by Crippen LogP contribution is 2.35. The van der Waals surface area contributed by atoms with Gasteiger partial charge in [-0.3, -0.25) is 0 Å². The highest BCUT2D eigenvalue weighted by molar-refractivity contribution is 5.62. The first kappa shape index (κ1) is 28.3. The smallest absolute Gasteiger partial charge is 0.491 e. The fraction of sp³-hybridized carbons (Fsp3) is 0.375. The van der Waals surface area contributed by atoms with E-state index in [2.05, 4.69) is 0 Å². The van der Waals surface area contributed by atoms with E-state index in [9.17, 15) is 9.59 Å². The van der Waals surface area contributed by atoms with Gasteiger partial charge in [0.15, 0.2) is 12.2 Å². The highest BCUT2D eigenvalue weighted by atomic mass is 16.9. The number of hydrogen-bond acceptors (Lipinski definition) is 12. The molecular weight excluding hydrogens is 576 g/mol. The molecule has 44 heavy (non-hydrogen) atoms. The number of benzene rings is 3. The maximum absolute atomic E-state index is 11.2. The molecule has 4 aliphatic rings. The third-order valence-corrected chi connectivity index (χ3v) is 7.43. The van der Waals surface area contributed by atoms with E-state index in [1.807, 2.05) is 72.8 Å². The molecule has 230 valence electrons. The summed E-state index contributed by atoms with van der Waals surface area (Å²) in [4.78, 5) is 22.3. The van der Waals surface area contributed by atoms with Gasteiger partial charge in [0.1, 0.15) is 56.4 Å². The molecule has 0 spiro atoms. The summed E-state index contributed by atoms with van der Waals surface area (Å²) in [5, 5.41) is 0. The standard InChI is InChI=1S/C32H30O12/c33-31-39-17-26(42-31)14-36-23-9-3-20(4-10-23)28(21-5-11-24(12-6-21)37-15-27-18-40-32(34)43-27)19-1-7-22(8-2-19)35-13-25-16-38-29-30(41-25)44-29/h1-12,25-30H,13-18H2. The van der Waals surface area contributed by atoms with Gasteiger partial charge in [-0.15, -0.1) is 0 Å². The Kier molecular flexibility index (Phi) is 8.10. The molecule has 12 heteroatoms. The van der Waals surface area contributed by atoms with Crippen molar-refractivity contribution in [3.8, 4) is 17.2 Å². The van der Waals surface area contributed by atoms with Crippen LogP contribution in [0.2, 0.25) is 0 Å². The first-order chi connectivity index (χ1) is 21.6. The molecule has 0 bridgehead atoms. The molecule has 0 N–H and O–H groups in total. The second-order valence-electron chi connectivity index (χ2n) is 10.6. The van der Waals surface area contributed by atoms with Crippen LogP contribution in [0.3, 0.4) is 0 Å². The minimum atomic E-state index is -0.678. The molecule has 12 nitrogen and oxygen atoms in total. The SMILES string of the molecule is O=C1OCC(COc2ccc(C(c3ccc(OCC4COC(=O)O4)cc3)c3ccc(OCC4COC5OC5O4)cc3)cc2)O1. The summed E-state index contributed by atoms with van der Waals surface area (Å²) >= 11 is 0. The van der Waals surface area contributed by atoms with Crippen molar-refractivity contribution >= 4 is 12.3 Å². The zero-order chi connectivity index (χ0) is 29.9. The van der Waals surface area contributed by atoms with E-state index < -0.39 is 24.5 Å². The Balaban J connectivity index is 1.05. The van der Waals surface area contributed by atoms with Crippen LogP contribution in [0.15, 0.2) is 72.8 Å². The van der Waals surface area contributed by atoms with E-state index in [-0.39, 0.29) is 51.0 Å². The average molecular weight is 607 g/mol. The lowest BCUT2D eigenvalue weighted by Gasteiger charge is -2.22. The molecule has 5 unspecified atom stereocenters. The van der Waals surface area contributed by atoms with Crippen molar-refractivity contribution < 1.29 is 57.0 Å². The molecule has 5 atom stereocenters. The van der Waals surface area contributed by atoms with Crippen LogP contribution in [0.25, 0.3) is 0 Å². The first-order valence-corrected chi connectivity index (χ1v) is 14.3. The highest BCUT2D eigenvalue weighted by Gasteiger charge is 2.47. The molecule has 0 saturated carbocycles. The van der Waals surface area contributed by atoms with Gasteiger partial charge in [-0.2, -0.15) is 0 Å². The average Bonchev–Trinajstić information content (AvgIpc) is 3.52. The molecular formula is C32H30O12. The number of hydrogen-bond donors (Lipinski definition) is 0. The lowest BCUT2D eigenvalue weighted by molar-refractivity contribution is -0.106. The summed E-state index contributed by atoms with van der Waals surface area (Å²) in [5.41, 5.74) is 3.13. The number of rotatable bonds is 12. The van der Waals surface area contributed by atoms with Crippen molar-refractivity contribution in [3.63, 3.8) is 0 Å². The van der Waals surface area contributed by atoms with Crippen LogP contribution in [0.4, 0.5) is 9.59 Å². The van der Waals surface area contributed by atoms with Crippen LogP contribution in [0.5, 0.6) is 17.2 Å². The molecule has 4 aliphatic heterocycles. The van der Waals surface area contributed by atoms with Gasteiger partial charge in [0.25, 0.3) is 0 Å². The Morgan fingerprint density at radius 2 is 0.977 bits per heavy atom. The van der Waals surface area contributed by atoms with Crippen molar-refractivity contribution in [3.05, 3.63) is 89.5 Å². The second-order valence-corrected chi connectivity index (χ2v) is 10.6. The summed E-state index contributed by atoms with van der Waals surface area (Å²) < 4.78 is 53.8. The van der Waals surface area contributed by atoms with Crippen molar-refractivity contribution in [2.75, 3.05) is 39.6 Å². The summed E-state index contributed by atoms with van der Waals surface area (Å²) in [6.45, 7) is 1.55. The Labute approximate surface area is 252 Å². The molecule has 0 amide bonds. The summed E-state index contributed by atoms with van der Waals surface area (Å²) in [7, 11) is 0. The van der Waals surface area contributed by atoms with E-state index in [4.69, 9.17) is 47.4 Å². The fourth-order valence-corrected chi connectivity index (χ4v) is 5.13. The molecule has 4 fully saturated rings. The summed E-state index contributed by atoms with van der Waals surface area (Å²) in [6, 6.07) is 23.5. The summed E-state index contributed by atoms with van der Waals surface area (Å²) in [5.74, 6) is 1.91. The van der Waals surface area contributed by atoms with Gasteiger partial charge in [0, 0.05) is 5.92 Å². The molecule has 3 aromatic carbocycles. The topological polar surface area (TPSA) is 130 Å². The molecule has 3 aromatic rings. The maximum atomic E-state index is 11.2. The molecule has 0 aromatic heterocycles. The molecule has 0 radical (unpaired) electrons. The van der Waals surface area contributed by atoms with Gasteiger partial charge in [0.2, 0.25) is 12.6 Å². The number of fused-ring (bicyclic) bond motifs is 1. The quantitative estimate of drug-likeness (QED) is 0.167. The van der Waals surface area contributed by atoms with E-state index in [1.165, 1.54) is 0 Å². The molecule has 7 rings (SSSR count). The number of carbonyl (C=O) groups is 2. The van der Waals surface area contributed by atoms with E-state index in [1.54, 1.807) is 0 Å². The zero-order valence-corrected chi connectivity index (χ0v) is 23.5. The van der Waals surface area contributed by atoms with Crippen molar-refractivity contribution in [1.29, 1.82) is 0 Å². The third kappa shape index (κ3) is 6.83. The Bertz CT molecular complexity index is 1370. The monoisotopic (exact) mass is 606 g/mol. The fourth-order valence-electron chi connectivity index (χ4n) is 5.13. The van der Waals surface area contributed by atoms with Gasteiger partial charge >= 0.3 is 12.3 Å². The lowest BCUT2D eigenvalue weighted by atomic mass is 9.85. The van der Waals surface area contributed by atoms with Gasteiger partial charge in [-0.05, 0) is 53.1 Å². The molecule has 4 heterocycles. The lowest BCUT2D eigenvalue weighted by Crippen LogP contribution is -2.33. The minimum absolute atomic E-state index is 0.112. The van der Waals surface area contributed by atoms with Crippen LogP contribution < -0.4 is 14.2 Å². The predicted octanol–water partition coefficient (Wildman–Crippen LogP) is 4.17. The van der Waals surface area contributed by atoms with E-state index in [0.29, 0.717) is 24.7 Å². The third-order valence-electron chi connectivity index (χ3n) is 7.43. The van der Waals surface area contributed by atoms with Gasteiger partial charge < -0.3 is 47.4 Å². The van der Waals surface area contributed by atoms with Crippen LogP contribution in [0.1, 0.15) is 22.6 Å².